The van der Waals surface area contributed by atoms with E-state index in [1.165, 1.54) is 38.5 Å². The van der Waals surface area contributed by atoms with Crippen molar-refractivity contribution >= 4 is 11.9 Å². The molecule has 0 aromatic carbocycles. The van der Waals surface area contributed by atoms with Gasteiger partial charge in [0.15, 0.2) is 12.4 Å². The Balaban J connectivity index is 2.45. The van der Waals surface area contributed by atoms with Crippen molar-refractivity contribution in [3.8, 4) is 0 Å². The average Bonchev–Trinajstić information content (AvgIpc) is 3.21. The lowest BCUT2D eigenvalue weighted by Gasteiger charge is -2.39. The highest BCUT2D eigenvalue weighted by Crippen LogP contribution is 2.22. The van der Waals surface area contributed by atoms with Gasteiger partial charge in [-0.2, -0.15) is 0 Å². The molecule has 1 saturated heterocycles. The van der Waals surface area contributed by atoms with Crippen LogP contribution in [0.1, 0.15) is 117 Å². The molecule has 0 saturated carbocycles. The highest BCUT2D eigenvalue weighted by atomic mass is 16.7. The van der Waals surface area contributed by atoms with E-state index in [1.54, 1.807) is 0 Å². The van der Waals surface area contributed by atoms with Crippen LogP contribution < -0.4 is 0 Å². The third-order valence-corrected chi connectivity index (χ3v) is 8.85. The number of carbonyl (C=O) groups excluding carboxylic acids is 2. The SMILES string of the molecule is CC/C=C/C=C/C=C/C=C/C=C/C=C/C=C/CCCCCC(=O)OCC(CO[C@H]1O[C@@H](CO)[C@@H](O)C(O)C1O)OC(=O)CC/C=C/C/C=C/CCCCCCCC. The van der Waals surface area contributed by atoms with Crippen LogP contribution in [0.3, 0.4) is 0 Å². The summed E-state index contributed by atoms with van der Waals surface area (Å²) in [4.78, 5) is 25.2. The third kappa shape index (κ3) is 28.4. The Morgan fingerprint density at radius 2 is 1.14 bits per heavy atom. The van der Waals surface area contributed by atoms with Crippen LogP contribution >= 0.6 is 0 Å². The molecule has 1 rings (SSSR count). The van der Waals surface area contributed by atoms with Crippen LogP contribution in [-0.2, 0) is 28.5 Å². The fraction of sp³-hybridized carbons (Fsp3) is 0.574. The Kier molecular flexibility index (Phi) is 33.1. The third-order valence-electron chi connectivity index (χ3n) is 8.85. The van der Waals surface area contributed by atoms with E-state index in [9.17, 15) is 30.0 Å². The Labute approximate surface area is 342 Å². The van der Waals surface area contributed by atoms with Crippen molar-refractivity contribution in [3.63, 3.8) is 0 Å². The van der Waals surface area contributed by atoms with Crippen molar-refractivity contribution in [2.75, 3.05) is 19.8 Å². The molecule has 0 aromatic heterocycles. The molecule has 0 amide bonds. The molecule has 0 bridgehead atoms. The molecule has 3 unspecified atom stereocenters. The number of ether oxygens (including phenoxy) is 4. The number of hydrogen-bond acceptors (Lipinski definition) is 10. The predicted octanol–water partition coefficient (Wildman–Crippen LogP) is 8.55. The van der Waals surface area contributed by atoms with Crippen molar-refractivity contribution in [2.24, 2.45) is 0 Å². The lowest BCUT2D eigenvalue weighted by atomic mass is 9.99. The van der Waals surface area contributed by atoms with Crippen LogP contribution in [0, 0.1) is 0 Å². The molecule has 6 atom stereocenters. The molecule has 0 spiro atoms. The second kappa shape index (κ2) is 36.7. The lowest BCUT2D eigenvalue weighted by molar-refractivity contribution is -0.305. The highest BCUT2D eigenvalue weighted by Gasteiger charge is 2.44. The first-order chi connectivity index (χ1) is 27.8. The summed E-state index contributed by atoms with van der Waals surface area (Å²) in [5.74, 6) is -0.952. The van der Waals surface area contributed by atoms with Gasteiger partial charge in [0.2, 0.25) is 0 Å². The molecule has 1 aliphatic heterocycles. The maximum absolute atomic E-state index is 12.7. The predicted molar refractivity (Wildman–Crippen MR) is 228 cm³/mol. The Morgan fingerprint density at radius 1 is 0.579 bits per heavy atom. The van der Waals surface area contributed by atoms with Crippen molar-refractivity contribution in [1.82, 2.24) is 0 Å². The van der Waals surface area contributed by atoms with Crippen molar-refractivity contribution in [3.05, 3.63) is 109 Å². The zero-order valence-electron chi connectivity index (χ0n) is 34.5. The van der Waals surface area contributed by atoms with Crippen LogP contribution in [0.25, 0.3) is 0 Å². The van der Waals surface area contributed by atoms with Crippen LogP contribution in [0.2, 0.25) is 0 Å². The Hall–Kier alpha value is -3.64. The first-order valence-electron chi connectivity index (χ1n) is 21.1. The Bertz CT molecular complexity index is 1290. The lowest BCUT2D eigenvalue weighted by Crippen LogP contribution is -2.59. The molecule has 1 heterocycles. The first kappa shape index (κ1) is 51.4. The molecule has 10 heteroatoms. The number of carbonyl (C=O) groups is 2. The van der Waals surface area contributed by atoms with E-state index in [1.807, 2.05) is 85.1 Å². The minimum Gasteiger partial charge on any atom is -0.462 e. The summed E-state index contributed by atoms with van der Waals surface area (Å²) in [7, 11) is 0. The monoisotopic (exact) mass is 797 g/mol. The minimum atomic E-state index is -1.62. The number of aliphatic hydroxyl groups excluding tert-OH is 4. The number of unbranched alkanes of at least 4 members (excludes halogenated alkanes) is 9. The molecular weight excluding hydrogens is 725 g/mol. The number of hydrogen-bond donors (Lipinski definition) is 4. The van der Waals surface area contributed by atoms with Crippen LogP contribution in [0.5, 0.6) is 0 Å². The molecule has 1 aliphatic rings. The van der Waals surface area contributed by atoms with Crippen LogP contribution in [0.4, 0.5) is 0 Å². The number of allylic oxidation sites excluding steroid dienone is 18. The van der Waals surface area contributed by atoms with E-state index in [0.717, 1.165) is 38.5 Å². The van der Waals surface area contributed by atoms with Gasteiger partial charge in [-0.25, -0.2) is 0 Å². The molecular formula is C47H72O10. The fourth-order valence-corrected chi connectivity index (χ4v) is 5.52. The summed E-state index contributed by atoms with van der Waals surface area (Å²) in [5.41, 5.74) is 0. The van der Waals surface area contributed by atoms with Crippen LogP contribution in [-0.4, -0.2) is 89.0 Å². The Morgan fingerprint density at radius 3 is 1.77 bits per heavy atom. The summed E-state index contributed by atoms with van der Waals surface area (Å²) in [6.07, 6.45) is 42.5. The van der Waals surface area contributed by atoms with Gasteiger partial charge in [-0.3, -0.25) is 9.59 Å². The van der Waals surface area contributed by atoms with Gasteiger partial charge in [0.25, 0.3) is 0 Å². The normalized spacial score (nSPS) is 21.4. The molecule has 320 valence electrons. The average molecular weight is 797 g/mol. The molecule has 57 heavy (non-hydrogen) atoms. The number of rotatable bonds is 32. The van der Waals surface area contributed by atoms with Crippen molar-refractivity contribution in [2.45, 2.75) is 153 Å². The van der Waals surface area contributed by atoms with Gasteiger partial charge in [-0.15, -0.1) is 0 Å². The molecule has 0 radical (unpaired) electrons. The zero-order valence-corrected chi connectivity index (χ0v) is 34.5. The van der Waals surface area contributed by atoms with E-state index >= 15 is 0 Å². The van der Waals surface area contributed by atoms with Gasteiger partial charge < -0.3 is 39.4 Å². The molecule has 0 aliphatic carbocycles. The van der Waals surface area contributed by atoms with Gasteiger partial charge in [0.05, 0.1) is 13.2 Å². The van der Waals surface area contributed by atoms with Gasteiger partial charge >= 0.3 is 11.9 Å². The first-order valence-corrected chi connectivity index (χ1v) is 21.1. The topological polar surface area (TPSA) is 152 Å². The van der Waals surface area contributed by atoms with E-state index in [2.05, 4.69) is 38.2 Å². The van der Waals surface area contributed by atoms with Crippen molar-refractivity contribution < 1.29 is 49.0 Å². The second-order valence-electron chi connectivity index (χ2n) is 13.9. The van der Waals surface area contributed by atoms with Crippen molar-refractivity contribution in [1.29, 1.82) is 0 Å². The maximum Gasteiger partial charge on any atom is 0.306 e. The van der Waals surface area contributed by atoms with Gasteiger partial charge in [0.1, 0.15) is 31.0 Å². The van der Waals surface area contributed by atoms with E-state index < -0.39 is 55.4 Å². The van der Waals surface area contributed by atoms with Gasteiger partial charge in [-0.1, -0.05) is 162 Å². The van der Waals surface area contributed by atoms with Gasteiger partial charge in [-0.05, 0) is 51.4 Å². The minimum absolute atomic E-state index is 0.106. The van der Waals surface area contributed by atoms with Gasteiger partial charge in [0, 0.05) is 12.8 Å². The smallest absolute Gasteiger partial charge is 0.306 e. The van der Waals surface area contributed by atoms with E-state index in [-0.39, 0.29) is 26.1 Å². The standard InChI is InChI=1S/C47H72O10/c1-3-5-7-9-11-13-15-17-18-19-20-21-22-24-25-27-29-31-33-35-42(49)54-38-40(39-55-47-46(53)45(52)44(51)41(37-48)57-47)56-43(50)36-34-32-30-28-26-23-16-14-12-10-8-6-4-2/h5,7,9,11,13,15,17-26,30,32,40-41,44-48,51-53H,3-4,6,8,10,12,14,16,27-29,31,33-39H2,1-2H3/b7-5+,11-9+,15-13+,18-17+,20-19+,22-21+,25-24+,26-23+,32-30+/t40?,41-,44+,45?,46?,47-/m0/s1. The van der Waals surface area contributed by atoms with E-state index in [0.29, 0.717) is 12.8 Å². The van der Waals surface area contributed by atoms with Crippen LogP contribution in [0.15, 0.2) is 109 Å². The summed E-state index contributed by atoms with van der Waals surface area (Å²) in [6.45, 7) is 3.12. The van der Waals surface area contributed by atoms with E-state index in [4.69, 9.17) is 18.9 Å². The summed E-state index contributed by atoms with van der Waals surface area (Å²) in [5, 5.41) is 40.0. The molecule has 4 N–H and O–H groups in total. The second-order valence-corrected chi connectivity index (χ2v) is 13.9. The quantitative estimate of drug-likeness (QED) is 0.0226. The summed E-state index contributed by atoms with van der Waals surface area (Å²) in [6, 6.07) is 0. The largest absolute Gasteiger partial charge is 0.462 e. The maximum atomic E-state index is 12.7. The number of esters is 2. The fourth-order valence-electron chi connectivity index (χ4n) is 5.52. The molecule has 10 nitrogen and oxygen atoms in total. The summed E-state index contributed by atoms with van der Waals surface area (Å²) >= 11 is 0. The molecule has 0 aromatic rings. The molecule has 1 fully saturated rings. The highest BCUT2D eigenvalue weighted by molar-refractivity contribution is 5.70. The number of aliphatic hydroxyl groups is 4. The summed E-state index contributed by atoms with van der Waals surface area (Å²) < 4.78 is 22.0. The zero-order chi connectivity index (χ0) is 41.6.